The fourth-order valence-electron chi connectivity index (χ4n) is 2.33. The topological polar surface area (TPSA) is 108 Å². The molecule has 0 unspecified atom stereocenters. The fraction of sp³-hybridized carbons (Fsp3) is 0.214. The van der Waals surface area contributed by atoms with Crippen molar-refractivity contribution in [2.45, 2.75) is 13.5 Å². The molecule has 1 N–H and O–H groups in total. The van der Waals surface area contributed by atoms with E-state index in [4.69, 9.17) is 0 Å². The van der Waals surface area contributed by atoms with Crippen LogP contribution in [-0.2, 0) is 18.4 Å². The van der Waals surface area contributed by atoms with E-state index in [1.165, 1.54) is 4.68 Å². The van der Waals surface area contributed by atoms with Crippen LogP contribution in [0.25, 0.3) is 11.0 Å². The van der Waals surface area contributed by atoms with E-state index in [-0.39, 0.29) is 18.1 Å². The highest BCUT2D eigenvalue weighted by Crippen LogP contribution is 2.18. The molecule has 9 heteroatoms. The van der Waals surface area contributed by atoms with Crippen molar-refractivity contribution in [2.75, 3.05) is 5.32 Å². The summed E-state index contributed by atoms with van der Waals surface area (Å²) in [7, 11) is 1.80. The van der Waals surface area contributed by atoms with E-state index in [2.05, 4.69) is 15.4 Å². The van der Waals surface area contributed by atoms with Gasteiger partial charge >= 0.3 is 5.69 Å². The lowest BCUT2D eigenvalue weighted by Crippen LogP contribution is -2.22. The van der Waals surface area contributed by atoms with Crippen LogP contribution in [0.3, 0.4) is 0 Å². The number of nitrogens with one attached hydrogen (secondary N) is 1. The minimum absolute atomic E-state index is 0.111. The first-order chi connectivity index (χ1) is 11.0. The zero-order valence-electron chi connectivity index (χ0n) is 12.6. The summed E-state index contributed by atoms with van der Waals surface area (Å²) in [6.07, 6.45) is 1.14. The highest BCUT2D eigenvalue weighted by molar-refractivity contribution is 5.91. The van der Waals surface area contributed by atoms with Crippen molar-refractivity contribution in [1.29, 1.82) is 0 Å². The molecule has 0 radical (unpaired) electrons. The molecule has 2 aromatic heterocycles. The Balaban J connectivity index is 1.79. The second-order valence-corrected chi connectivity index (χ2v) is 5.06. The number of aromatic nitrogens is 4. The van der Waals surface area contributed by atoms with Gasteiger partial charge in [0.2, 0.25) is 11.9 Å². The molecule has 0 saturated heterocycles. The Bertz CT molecular complexity index is 911. The molecule has 23 heavy (non-hydrogen) atoms. The lowest BCUT2D eigenvalue weighted by molar-refractivity contribution is -0.385. The predicted molar refractivity (Wildman–Crippen MR) is 83.0 cm³/mol. The summed E-state index contributed by atoms with van der Waals surface area (Å²) in [5.74, 6) is 0.0556. The zero-order valence-corrected chi connectivity index (χ0v) is 12.6. The molecule has 0 spiro atoms. The van der Waals surface area contributed by atoms with E-state index in [1.54, 1.807) is 18.5 Å². The van der Waals surface area contributed by atoms with E-state index >= 15 is 0 Å². The Kier molecular flexibility index (Phi) is 3.53. The summed E-state index contributed by atoms with van der Waals surface area (Å²) in [5.41, 5.74) is 1.89. The number of nitrogens with zero attached hydrogens (tertiary/aromatic N) is 5. The third kappa shape index (κ3) is 2.63. The molecule has 0 aliphatic heterocycles. The standard InChI is InChI=1S/C14H14N6O3/c1-9-12(20(22)23)7-15-19(9)8-13(21)17-14-16-10-5-3-4-6-11(10)18(14)2/h3-7H,8H2,1-2H3,(H,16,17,21). The number of rotatable bonds is 4. The molecule has 0 aliphatic rings. The third-order valence-corrected chi connectivity index (χ3v) is 3.61. The van der Waals surface area contributed by atoms with Crippen LogP contribution in [0.5, 0.6) is 0 Å². The first kappa shape index (κ1) is 14.7. The number of carbonyl (C=O) groups excluding carboxylic acids is 1. The maximum atomic E-state index is 12.1. The molecule has 1 aromatic carbocycles. The minimum atomic E-state index is -0.526. The first-order valence-corrected chi connectivity index (χ1v) is 6.85. The van der Waals surface area contributed by atoms with Gasteiger partial charge in [-0.2, -0.15) is 5.10 Å². The highest BCUT2D eigenvalue weighted by atomic mass is 16.6. The number of para-hydroxylation sites is 2. The van der Waals surface area contributed by atoms with Crippen molar-refractivity contribution in [1.82, 2.24) is 19.3 Å². The van der Waals surface area contributed by atoms with Gasteiger partial charge < -0.3 is 4.57 Å². The quantitative estimate of drug-likeness (QED) is 0.581. The molecule has 2 heterocycles. The van der Waals surface area contributed by atoms with Gasteiger partial charge in [0.15, 0.2) is 0 Å². The number of imidazole rings is 1. The number of nitro groups is 1. The highest BCUT2D eigenvalue weighted by Gasteiger charge is 2.18. The SMILES string of the molecule is Cc1c([N+](=O)[O-])cnn1CC(=O)Nc1nc2ccccc2n1C. The van der Waals surface area contributed by atoms with Crippen LogP contribution < -0.4 is 5.32 Å². The van der Waals surface area contributed by atoms with Gasteiger partial charge in [-0.25, -0.2) is 4.98 Å². The van der Waals surface area contributed by atoms with Gasteiger partial charge in [0, 0.05) is 7.05 Å². The molecule has 0 fully saturated rings. The number of hydrogen-bond acceptors (Lipinski definition) is 5. The van der Waals surface area contributed by atoms with E-state index in [9.17, 15) is 14.9 Å². The molecule has 3 aromatic rings. The molecule has 0 atom stereocenters. The van der Waals surface area contributed by atoms with Crippen LogP contribution in [-0.4, -0.2) is 30.2 Å². The number of amides is 1. The molecular weight excluding hydrogens is 300 g/mol. The smallest absolute Gasteiger partial charge is 0.309 e. The Hall–Kier alpha value is -3.23. The normalized spacial score (nSPS) is 10.9. The Morgan fingerprint density at radius 1 is 1.39 bits per heavy atom. The van der Waals surface area contributed by atoms with Crippen molar-refractivity contribution >= 4 is 28.6 Å². The third-order valence-electron chi connectivity index (χ3n) is 3.61. The van der Waals surface area contributed by atoms with Crippen LogP contribution >= 0.6 is 0 Å². The number of fused-ring (bicyclic) bond motifs is 1. The van der Waals surface area contributed by atoms with Gasteiger partial charge in [-0.1, -0.05) is 12.1 Å². The van der Waals surface area contributed by atoms with E-state index in [1.807, 2.05) is 24.3 Å². The van der Waals surface area contributed by atoms with Gasteiger partial charge in [-0.05, 0) is 19.1 Å². The van der Waals surface area contributed by atoms with Gasteiger partial charge in [0.25, 0.3) is 0 Å². The van der Waals surface area contributed by atoms with E-state index < -0.39 is 4.92 Å². The second-order valence-electron chi connectivity index (χ2n) is 5.06. The van der Waals surface area contributed by atoms with Gasteiger partial charge in [0.05, 0.1) is 16.0 Å². The average molecular weight is 314 g/mol. The number of aryl methyl sites for hydroxylation is 1. The molecule has 118 valence electrons. The Morgan fingerprint density at radius 2 is 2.13 bits per heavy atom. The minimum Gasteiger partial charge on any atom is -0.313 e. The lowest BCUT2D eigenvalue weighted by Gasteiger charge is -2.06. The van der Waals surface area contributed by atoms with Crippen LogP contribution in [0.15, 0.2) is 30.5 Å². The summed E-state index contributed by atoms with van der Waals surface area (Å²) in [6.45, 7) is 1.43. The van der Waals surface area contributed by atoms with Crippen LogP contribution in [0.1, 0.15) is 5.69 Å². The summed E-state index contributed by atoms with van der Waals surface area (Å²) in [4.78, 5) is 26.8. The number of benzene rings is 1. The lowest BCUT2D eigenvalue weighted by atomic mass is 10.3. The van der Waals surface area contributed by atoms with Gasteiger partial charge in [0.1, 0.15) is 18.4 Å². The molecule has 0 saturated carbocycles. The number of hydrogen-bond donors (Lipinski definition) is 1. The largest absolute Gasteiger partial charge is 0.313 e. The van der Waals surface area contributed by atoms with Crippen molar-refractivity contribution < 1.29 is 9.72 Å². The van der Waals surface area contributed by atoms with Crippen molar-refractivity contribution in [3.05, 3.63) is 46.3 Å². The molecular formula is C14H14N6O3. The summed E-state index contributed by atoms with van der Waals surface area (Å²) in [6, 6.07) is 7.51. The van der Waals surface area contributed by atoms with Gasteiger partial charge in [-0.3, -0.25) is 24.9 Å². The molecule has 0 aliphatic carbocycles. The zero-order chi connectivity index (χ0) is 16.6. The Labute approximate surface area is 130 Å². The molecule has 0 bridgehead atoms. The maximum Gasteiger partial charge on any atom is 0.309 e. The van der Waals surface area contributed by atoms with Crippen molar-refractivity contribution in [3.63, 3.8) is 0 Å². The number of carbonyl (C=O) groups is 1. The average Bonchev–Trinajstić information content (AvgIpc) is 3.02. The van der Waals surface area contributed by atoms with Crippen LogP contribution in [0, 0.1) is 17.0 Å². The Morgan fingerprint density at radius 3 is 2.78 bits per heavy atom. The summed E-state index contributed by atoms with van der Waals surface area (Å²) in [5, 5.41) is 17.4. The molecule has 3 rings (SSSR count). The van der Waals surface area contributed by atoms with Crippen molar-refractivity contribution in [2.24, 2.45) is 7.05 Å². The predicted octanol–water partition coefficient (Wildman–Crippen LogP) is 1.63. The monoisotopic (exact) mass is 314 g/mol. The van der Waals surface area contributed by atoms with Crippen LogP contribution in [0.4, 0.5) is 11.6 Å². The first-order valence-electron chi connectivity index (χ1n) is 6.85. The van der Waals surface area contributed by atoms with E-state index in [0.717, 1.165) is 17.2 Å². The van der Waals surface area contributed by atoms with Crippen molar-refractivity contribution in [3.8, 4) is 0 Å². The summed E-state index contributed by atoms with van der Waals surface area (Å²) >= 11 is 0. The van der Waals surface area contributed by atoms with Gasteiger partial charge in [-0.15, -0.1) is 0 Å². The molecule has 1 amide bonds. The fourth-order valence-corrected chi connectivity index (χ4v) is 2.33. The summed E-state index contributed by atoms with van der Waals surface area (Å²) < 4.78 is 3.06. The number of anilines is 1. The molecule has 9 nitrogen and oxygen atoms in total. The maximum absolute atomic E-state index is 12.1. The second kappa shape index (κ2) is 5.52. The van der Waals surface area contributed by atoms with E-state index in [0.29, 0.717) is 11.6 Å². The van der Waals surface area contributed by atoms with Crippen LogP contribution in [0.2, 0.25) is 0 Å².